The summed E-state index contributed by atoms with van der Waals surface area (Å²) in [6, 6.07) is 8.19. The molecule has 0 bridgehead atoms. The molecule has 0 saturated carbocycles. The number of rotatable bonds is 5. The number of thioether (sulfide) groups is 1. The first-order valence-corrected chi connectivity index (χ1v) is 9.54. The van der Waals surface area contributed by atoms with Crippen LogP contribution in [-0.4, -0.2) is 33.8 Å². The Morgan fingerprint density at radius 2 is 2.17 bits per heavy atom. The Morgan fingerprint density at radius 3 is 2.96 bits per heavy atom. The van der Waals surface area contributed by atoms with Gasteiger partial charge in [0.05, 0.1) is 5.75 Å². The average Bonchev–Trinajstić information content (AvgIpc) is 3.15. The van der Waals surface area contributed by atoms with Crippen molar-refractivity contribution in [1.29, 1.82) is 0 Å². The molecule has 1 aliphatic heterocycles. The minimum Gasteiger partial charge on any atom is -0.308 e. The molecule has 0 saturated heterocycles. The van der Waals surface area contributed by atoms with Crippen molar-refractivity contribution in [3.63, 3.8) is 0 Å². The van der Waals surface area contributed by atoms with E-state index in [1.807, 2.05) is 23.1 Å². The molecule has 0 spiro atoms. The predicted molar refractivity (Wildman–Crippen MR) is 96.6 cm³/mol. The molecule has 2 heterocycles. The second-order valence-electron chi connectivity index (χ2n) is 5.51. The fourth-order valence-corrected chi connectivity index (χ4v) is 4.29. The zero-order valence-corrected chi connectivity index (χ0v) is 15.1. The molecule has 0 unspecified atom stereocenters. The summed E-state index contributed by atoms with van der Waals surface area (Å²) < 4.78 is 0.676. The number of amides is 2. The van der Waals surface area contributed by atoms with E-state index >= 15 is 0 Å². The molecule has 2 aromatic rings. The van der Waals surface area contributed by atoms with Crippen molar-refractivity contribution >= 4 is 45.7 Å². The van der Waals surface area contributed by atoms with E-state index in [9.17, 15) is 9.59 Å². The summed E-state index contributed by atoms with van der Waals surface area (Å²) in [5.41, 5.74) is 2.22. The van der Waals surface area contributed by atoms with Crippen LogP contribution in [0.5, 0.6) is 0 Å². The van der Waals surface area contributed by atoms with E-state index in [2.05, 4.69) is 28.5 Å². The second-order valence-corrected chi connectivity index (χ2v) is 7.71. The average molecular weight is 362 g/mol. The Balaban J connectivity index is 1.61. The molecule has 1 aliphatic rings. The molecule has 2 amide bonds. The van der Waals surface area contributed by atoms with E-state index in [4.69, 9.17) is 0 Å². The molecule has 8 heteroatoms. The van der Waals surface area contributed by atoms with Crippen molar-refractivity contribution in [2.24, 2.45) is 0 Å². The molecule has 1 aromatic carbocycles. The van der Waals surface area contributed by atoms with Crippen LogP contribution in [0, 0.1) is 0 Å². The van der Waals surface area contributed by atoms with Crippen molar-refractivity contribution in [3.05, 3.63) is 29.8 Å². The molecule has 1 aromatic heterocycles. The smallest absolute Gasteiger partial charge is 0.237 e. The van der Waals surface area contributed by atoms with Crippen LogP contribution in [0.3, 0.4) is 0 Å². The summed E-state index contributed by atoms with van der Waals surface area (Å²) in [6.45, 7) is 3.84. The third-order valence-corrected chi connectivity index (χ3v) is 5.73. The lowest BCUT2D eigenvalue weighted by Gasteiger charge is -2.22. The largest absolute Gasteiger partial charge is 0.308 e. The molecular formula is C16H18N4O2S2. The van der Waals surface area contributed by atoms with Gasteiger partial charge in [-0.05, 0) is 25.0 Å². The molecule has 0 aliphatic carbocycles. The molecule has 126 valence electrons. The molecule has 0 radical (unpaired) electrons. The first kappa shape index (κ1) is 16.9. The fraction of sp³-hybridized carbons (Fsp3) is 0.375. The number of benzene rings is 1. The number of carbonyl (C=O) groups excluding carboxylic acids is 2. The van der Waals surface area contributed by atoms with E-state index in [0.29, 0.717) is 21.6 Å². The highest BCUT2D eigenvalue weighted by Crippen LogP contribution is 2.33. The Labute approximate surface area is 148 Å². The summed E-state index contributed by atoms with van der Waals surface area (Å²) in [6.07, 6.45) is 1.28. The summed E-state index contributed by atoms with van der Waals surface area (Å²) in [5.74, 6) is 0.266. The Bertz CT molecular complexity index is 762. The van der Waals surface area contributed by atoms with Crippen molar-refractivity contribution in [1.82, 2.24) is 10.2 Å². The van der Waals surface area contributed by atoms with E-state index in [1.165, 1.54) is 28.7 Å². The van der Waals surface area contributed by atoms with Gasteiger partial charge in [0.15, 0.2) is 4.34 Å². The number of aromatic nitrogens is 2. The molecule has 0 fully saturated rings. The van der Waals surface area contributed by atoms with Gasteiger partial charge < -0.3 is 10.2 Å². The van der Waals surface area contributed by atoms with Gasteiger partial charge in [-0.25, -0.2) is 0 Å². The number of carbonyl (C=O) groups is 2. The predicted octanol–water partition coefficient (Wildman–Crippen LogP) is 2.96. The first-order chi connectivity index (χ1) is 11.6. The maximum atomic E-state index is 12.6. The van der Waals surface area contributed by atoms with Crippen LogP contribution in [-0.2, 0) is 16.0 Å². The number of anilines is 2. The van der Waals surface area contributed by atoms with Crippen LogP contribution in [0.15, 0.2) is 28.6 Å². The zero-order valence-electron chi connectivity index (χ0n) is 13.5. The summed E-state index contributed by atoms with van der Waals surface area (Å²) >= 11 is 2.64. The second kappa shape index (κ2) is 7.31. The van der Waals surface area contributed by atoms with Crippen molar-refractivity contribution in [3.8, 4) is 0 Å². The van der Waals surface area contributed by atoms with Gasteiger partial charge in [0.25, 0.3) is 0 Å². The van der Waals surface area contributed by atoms with Gasteiger partial charge in [-0.1, -0.05) is 48.2 Å². The lowest BCUT2D eigenvalue weighted by atomic mass is 10.1. The van der Waals surface area contributed by atoms with Gasteiger partial charge in [0, 0.05) is 18.2 Å². The van der Waals surface area contributed by atoms with Crippen molar-refractivity contribution in [2.45, 2.75) is 37.1 Å². The number of nitrogens with one attached hydrogen (secondary N) is 1. The van der Waals surface area contributed by atoms with Crippen LogP contribution in [0.25, 0.3) is 0 Å². The van der Waals surface area contributed by atoms with E-state index in [1.54, 1.807) is 6.92 Å². The molecule has 24 heavy (non-hydrogen) atoms. The third kappa shape index (κ3) is 3.59. The van der Waals surface area contributed by atoms with E-state index in [0.717, 1.165) is 12.1 Å². The summed E-state index contributed by atoms with van der Waals surface area (Å²) in [4.78, 5) is 25.8. The van der Waals surface area contributed by atoms with E-state index in [-0.39, 0.29) is 17.9 Å². The normalized spacial score (nSPS) is 16.1. The maximum Gasteiger partial charge on any atom is 0.237 e. The number of hydrogen-bond acceptors (Lipinski definition) is 6. The molecule has 1 atom stereocenters. The Hall–Kier alpha value is -1.93. The monoisotopic (exact) mass is 362 g/mol. The number of nitrogens with zero attached hydrogens (tertiary/aromatic N) is 3. The Morgan fingerprint density at radius 1 is 1.38 bits per heavy atom. The van der Waals surface area contributed by atoms with Crippen LogP contribution in [0.2, 0.25) is 0 Å². The van der Waals surface area contributed by atoms with Gasteiger partial charge in [0.1, 0.15) is 0 Å². The lowest BCUT2D eigenvalue weighted by Crippen LogP contribution is -2.36. The van der Waals surface area contributed by atoms with Gasteiger partial charge in [-0.15, -0.1) is 10.2 Å². The summed E-state index contributed by atoms with van der Waals surface area (Å²) in [7, 11) is 0. The molecular weight excluding hydrogens is 344 g/mol. The van der Waals surface area contributed by atoms with Crippen molar-refractivity contribution < 1.29 is 9.59 Å². The van der Waals surface area contributed by atoms with Crippen LogP contribution < -0.4 is 10.2 Å². The van der Waals surface area contributed by atoms with Crippen LogP contribution in [0.1, 0.15) is 25.8 Å². The lowest BCUT2D eigenvalue weighted by molar-refractivity contribution is -0.117. The van der Waals surface area contributed by atoms with Crippen LogP contribution >= 0.6 is 23.1 Å². The third-order valence-electron chi connectivity index (χ3n) is 3.77. The zero-order chi connectivity index (χ0) is 17.1. The highest BCUT2D eigenvalue weighted by molar-refractivity contribution is 8.01. The number of para-hydroxylation sites is 1. The topological polar surface area (TPSA) is 75.2 Å². The molecule has 6 nitrogen and oxygen atoms in total. The molecule has 1 N–H and O–H groups in total. The van der Waals surface area contributed by atoms with Gasteiger partial charge in [-0.2, -0.15) is 0 Å². The minimum atomic E-state index is -0.0960. The van der Waals surface area contributed by atoms with Gasteiger partial charge >= 0.3 is 0 Å². The van der Waals surface area contributed by atoms with Crippen molar-refractivity contribution in [2.75, 3.05) is 16.0 Å². The van der Waals surface area contributed by atoms with Gasteiger partial charge in [0.2, 0.25) is 16.9 Å². The Kier molecular flexibility index (Phi) is 5.15. The number of fused-ring (bicyclic) bond motifs is 1. The van der Waals surface area contributed by atoms with Crippen LogP contribution in [0.4, 0.5) is 10.8 Å². The van der Waals surface area contributed by atoms with E-state index < -0.39 is 0 Å². The molecule has 3 rings (SSSR count). The highest BCUT2D eigenvalue weighted by Gasteiger charge is 2.30. The fourth-order valence-electron chi connectivity index (χ4n) is 2.66. The number of hydrogen-bond donors (Lipinski definition) is 1. The minimum absolute atomic E-state index is 0.0618. The first-order valence-electron chi connectivity index (χ1n) is 7.74. The SMILES string of the molecule is CCC(=O)Nc1nnc(SCC(=O)N2c3ccccc3C[C@H]2C)s1. The summed E-state index contributed by atoms with van der Waals surface area (Å²) in [5, 5.41) is 11.1. The maximum absolute atomic E-state index is 12.6. The standard InChI is InChI=1S/C16H18N4O2S2/c1-3-13(21)17-15-18-19-16(24-15)23-9-14(22)20-10(2)8-11-6-4-5-7-12(11)20/h4-7,10H,3,8-9H2,1-2H3,(H,17,18,21)/t10-/m1/s1. The van der Waals surface area contributed by atoms with Gasteiger partial charge in [-0.3, -0.25) is 9.59 Å². The quantitative estimate of drug-likeness (QED) is 0.654. The highest BCUT2D eigenvalue weighted by atomic mass is 32.2.